The molecular formula is C24H33NO7. The SMILES string of the molecule is COCC(C)C.COCCCOc1cc2c(cc1OC)-c1cc(=O)c(C(=O)O)cn1CC2. The summed E-state index contributed by atoms with van der Waals surface area (Å²) in [6.07, 6.45) is 2.89. The lowest BCUT2D eigenvalue weighted by Gasteiger charge is -2.24. The fraction of sp³-hybridized carbons (Fsp3) is 0.500. The van der Waals surface area contributed by atoms with Crippen LogP contribution in [-0.4, -0.2) is 56.8 Å². The predicted molar refractivity (Wildman–Crippen MR) is 122 cm³/mol. The molecule has 1 aromatic carbocycles. The van der Waals surface area contributed by atoms with E-state index in [1.54, 1.807) is 25.9 Å². The molecule has 2 heterocycles. The van der Waals surface area contributed by atoms with Crippen LogP contribution < -0.4 is 14.9 Å². The standard InChI is InChI=1S/C19H21NO6.C5H12O/c1-24-6-3-7-26-18-8-12-4-5-20-11-14(19(22)23)16(21)10-15(20)13(12)9-17(18)25-2;1-5(2)4-6-3/h8-11H,3-7H2,1-2H3,(H,22,23);5H,4H2,1-3H3. The number of rotatable bonds is 9. The highest BCUT2D eigenvalue weighted by Crippen LogP contribution is 2.38. The van der Waals surface area contributed by atoms with Crippen molar-refractivity contribution in [3.63, 3.8) is 0 Å². The molecule has 0 atom stereocenters. The maximum atomic E-state index is 12.1. The van der Waals surface area contributed by atoms with Gasteiger partial charge in [0.1, 0.15) is 5.56 Å². The normalized spacial score (nSPS) is 11.8. The van der Waals surface area contributed by atoms with Crippen LogP contribution in [0.4, 0.5) is 0 Å². The number of aromatic nitrogens is 1. The Labute approximate surface area is 188 Å². The van der Waals surface area contributed by atoms with Crippen LogP contribution in [-0.2, 0) is 22.4 Å². The first kappa shape index (κ1) is 25.4. The number of pyridine rings is 1. The maximum Gasteiger partial charge on any atom is 0.341 e. The Morgan fingerprint density at radius 3 is 2.41 bits per heavy atom. The van der Waals surface area contributed by atoms with Gasteiger partial charge in [0.15, 0.2) is 16.9 Å². The van der Waals surface area contributed by atoms with Gasteiger partial charge in [-0.15, -0.1) is 0 Å². The fourth-order valence-electron chi connectivity index (χ4n) is 3.43. The van der Waals surface area contributed by atoms with Gasteiger partial charge in [0.25, 0.3) is 0 Å². The van der Waals surface area contributed by atoms with Crippen molar-refractivity contribution < 1.29 is 28.8 Å². The van der Waals surface area contributed by atoms with E-state index in [2.05, 4.69) is 13.8 Å². The van der Waals surface area contributed by atoms with Gasteiger partial charge in [0.05, 0.1) is 19.4 Å². The minimum absolute atomic E-state index is 0.220. The van der Waals surface area contributed by atoms with Gasteiger partial charge in [0.2, 0.25) is 0 Å². The fourth-order valence-corrected chi connectivity index (χ4v) is 3.43. The third-order valence-corrected chi connectivity index (χ3v) is 4.90. The minimum Gasteiger partial charge on any atom is -0.493 e. The summed E-state index contributed by atoms with van der Waals surface area (Å²) in [4.78, 5) is 23.3. The monoisotopic (exact) mass is 447 g/mol. The molecule has 0 aliphatic carbocycles. The number of hydrogen-bond acceptors (Lipinski definition) is 6. The summed E-state index contributed by atoms with van der Waals surface area (Å²) in [6.45, 7) is 6.86. The van der Waals surface area contributed by atoms with Crippen molar-refractivity contribution in [2.24, 2.45) is 5.92 Å². The summed E-state index contributed by atoms with van der Waals surface area (Å²) >= 11 is 0. The third kappa shape index (κ3) is 6.58. The second-order valence-corrected chi connectivity index (χ2v) is 7.89. The molecule has 1 aliphatic heterocycles. The summed E-state index contributed by atoms with van der Waals surface area (Å²) in [7, 11) is 4.93. The van der Waals surface area contributed by atoms with Gasteiger partial charge in [-0.2, -0.15) is 0 Å². The molecule has 8 heteroatoms. The number of ether oxygens (including phenoxy) is 4. The molecule has 176 valence electrons. The number of hydrogen-bond donors (Lipinski definition) is 1. The second-order valence-electron chi connectivity index (χ2n) is 7.89. The Morgan fingerprint density at radius 1 is 1.09 bits per heavy atom. The van der Waals surface area contributed by atoms with Crippen LogP contribution in [0.5, 0.6) is 11.5 Å². The van der Waals surface area contributed by atoms with E-state index in [0.29, 0.717) is 49.3 Å². The number of fused-ring (bicyclic) bond motifs is 3. The Morgan fingerprint density at radius 2 is 1.84 bits per heavy atom. The molecule has 0 spiro atoms. The van der Waals surface area contributed by atoms with E-state index in [9.17, 15) is 9.59 Å². The van der Waals surface area contributed by atoms with E-state index in [0.717, 1.165) is 24.2 Å². The van der Waals surface area contributed by atoms with Gasteiger partial charge in [0, 0.05) is 58.2 Å². The lowest BCUT2D eigenvalue weighted by Crippen LogP contribution is -2.22. The van der Waals surface area contributed by atoms with Crippen molar-refractivity contribution in [3.05, 3.63) is 45.7 Å². The molecular weight excluding hydrogens is 414 g/mol. The third-order valence-electron chi connectivity index (χ3n) is 4.90. The highest BCUT2D eigenvalue weighted by molar-refractivity contribution is 5.87. The molecule has 1 aliphatic rings. The summed E-state index contributed by atoms with van der Waals surface area (Å²) in [6, 6.07) is 5.14. The maximum absolute atomic E-state index is 12.1. The number of aromatic carboxylic acids is 1. The van der Waals surface area contributed by atoms with E-state index < -0.39 is 11.4 Å². The smallest absolute Gasteiger partial charge is 0.341 e. The highest BCUT2D eigenvalue weighted by Gasteiger charge is 2.22. The molecule has 0 saturated carbocycles. The van der Waals surface area contributed by atoms with E-state index in [1.165, 1.54) is 12.3 Å². The lowest BCUT2D eigenvalue weighted by atomic mass is 9.96. The van der Waals surface area contributed by atoms with Crippen molar-refractivity contribution in [2.75, 3.05) is 41.2 Å². The summed E-state index contributed by atoms with van der Waals surface area (Å²) in [5.74, 6) is 0.688. The van der Waals surface area contributed by atoms with Crippen LogP contribution in [0.15, 0.2) is 29.2 Å². The number of nitrogens with zero attached hydrogens (tertiary/aromatic N) is 1. The van der Waals surface area contributed by atoms with E-state index in [4.69, 9.17) is 24.1 Å². The zero-order chi connectivity index (χ0) is 23.7. The van der Waals surface area contributed by atoms with Crippen LogP contribution in [0.3, 0.4) is 0 Å². The quantitative estimate of drug-likeness (QED) is 0.588. The number of aryl methyl sites for hydroxylation is 2. The molecule has 0 amide bonds. The van der Waals surface area contributed by atoms with Crippen molar-refractivity contribution in [1.29, 1.82) is 0 Å². The molecule has 0 fully saturated rings. The summed E-state index contributed by atoms with van der Waals surface area (Å²) in [5.41, 5.74) is 1.85. The van der Waals surface area contributed by atoms with Gasteiger partial charge in [-0.1, -0.05) is 13.8 Å². The second kappa shape index (κ2) is 12.3. The number of benzene rings is 1. The lowest BCUT2D eigenvalue weighted by molar-refractivity contribution is 0.0694. The first-order valence-electron chi connectivity index (χ1n) is 10.6. The largest absolute Gasteiger partial charge is 0.493 e. The molecule has 8 nitrogen and oxygen atoms in total. The van der Waals surface area contributed by atoms with Crippen molar-refractivity contribution >= 4 is 5.97 Å². The average Bonchev–Trinajstić information content (AvgIpc) is 2.75. The Balaban J connectivity index is 0.000000534. The Hall–Kier alpha value is -2.84. The molecule has 0 bridgehead atoms. The average molecular weight is 448 g/mol. The molecule has 1 aromatic heterocycles. The molecule has 32 heavy (non-hydrogen) atoms. The zero-order valence-electron chi connectivity index (χ0n) is 19.5. The van der Waals surface area contributed by atoms with E-state index >= 15 is 0 Å². The van der Waals surface area contributed by atoms with Crippen molar-refractivity contribution in [1.82, 2.24) is 4.57 Å². The van der Waals surface area contributed by atoms with Gasteiger partial charge in [-0.05, 0) is 30.0 Å². The minimum atomic E-state index is -1.21. The topological polar surface area (TPSA) is 96.2 Å². The molecule has 0 saturated heterocycles. The first-order valence-corrected chi connectivity index (χ1v) is 10.6. The number of carbonyl (C=O) groups is 1. The van der Waals surface area contributed by atoms with Crippen molar-refractivity contribution in [3.8, 4) is 22.8 Å². The molecule has 0 radical (unpaired) electrons. The van der Waals surface area contributed by atoms with Crippen LogP contribution in [0, 0.1) is 5.92 Å². The van der Waals surface area contributed by atoms with Crippen LogP contribution in [0.2, 0.25) is 0 Å². The number of carboxylic acids is 1. The number of methoxy groups -OCH3 is 3. The van der Waals surface area contributed by atoms with Crippen LogP contribution in [0.1, 0.15) is 36.2 Å². The van der Waals surface area contributed by atoms with Crippen LogP contribution in [0.25, 0.3) is 11.3 Å². The van der Waals surface area contributed by atoms with E-state index in [1.807, 2.05) is 12.1 Å². The Kier molecular flexibility index (Phi) is 9.74. The van der Waals surface area contributed by atoms with Gasteiger partial charge < -0.3 is 28.6 Å². The van der Waals surface area contributed by atoms with E-state index in [-0.39, 0.29) is 5.56 Å². The van der Waals surface area contributed by atoms with Gasteiger partial charge >= 0.3 is 5.97 Å². The summed E-state index contributed by atoms with van der Waals surface area (Å²) in [5, 5.41) is 9.14. The summed E-state index contributed by atoms with van der Waals surface area (Å²) < 4.78 is 22.9. The van der Waals surface area contributed by atoms with Gasteiger partial charge in [-0.25, -0.2) is 4.79 Å². The van der Waals surface area contributed by atoms with Crippen molar-refractivity contribution in [2.45, 2.75) is 33.2 Å². The molecule has 2 aromatic rings. The Bertz CT molecular complexity index is 966. The molecule has 3 rings (SSSR count). The first-order chi connectivity index (χ1) is 15.3. The van der Waals surface area contributed by atoms with Crippen LogP contribution >= 0.6 is 0 Å². The highest BCUT2D eigenvalue weighted by atomic mass is 16.5. The van der Waals surface area contributed by atoms with Gasteiger partial charge in [-0.3, -0.25) is 4.79 Å². The predicted octanol–water partition coefficient (Wildman–Crippen LogP) is 3.48. The molecule has 1 N–H and O–H groups in total. The zero-order valence-corrected chi connectivity index (χ0v) is 19.5. The number of carboxylic acid groups (broad SMARTS) is 1. The molecule has 0 unspecified atom stereocenters.